The molecule has 0 saturated heterocycles. The van der Waals surface area contributed by atoms with Crippen LogP contribution in [0.25, 0.3) is 44.5 Å². The van der Waals surface area contributed by atoms with Gasteiger partial charge >= 0.3 is 0 Å². The molecule has 16 aromatic rings. The number of para-hydroxylation sites is 8. The fourth-order valence-electron chi connectivity index (χ4n) is 21.5. The van der Waals surface area contributed by atoms with Crippen LogP contribution in [0.2, 0.25) is 0 Å². The topological polar surface area (TPSA) is 22.2 Å². The molecule has 1 aliphatic heterocycles. The number of aryl methyl sites for hydroxylation is 8. The third kappa shape index (κ3) is 17.2. The molecule has 0 saturated carbocycles. The maximum Gasteiger partial charge on any atom is 0.124 e. The zero-order chi connectivity index (χ0) is 119. The second kappa shape index (κ2) is 37.4. The highest BCUT2D eigenvalue weighted by Gasteiger charge is 2.60. The quantitative estimate of drug-likeness (QED) is 0.0959. The van der Waals surface area contributed by atoms with Gasteiger partial charge < -0.3 is 24.3 Å². The minimum atomic E-state index is -4.43. The summed E-state index contributed by atoms with van der Waals surface area (Å²) in [4.78, 5) is 9.03. The van der Waals surface area contributed by atoms with Crippen molar-refractivity contribution in [2.24, 2.45) is 16.2 Å². The van der Waals surface area contributed by atoms with Gasteiger partial charge in [0.15, 0.2) is 0 Å². The predicted molar refractivity (Wildman–Crippen MR) is 611 cm³/mol. The van der Waals surface area contributed by atoms with Gasteiger partial charge in [-0.1, -0.05) is 393 Å². The first-order valence-electron chi connectivity index (χ1n) is 60.2. The summed E-state index contributed by atoms with van der Waals surface area (Å²) in [7, 11) is 0. The Morgan fingerprint density at radius 3 is 0.718 bits per heavy atom. The molecule has 0 unspecified atom stereocenters. The third-order valence-corrected chi connectivity index (χ3v) is 33.8. The van der Waals surface area contributed by atoms with Crippen molar-refractivity contribution in [2.45, 2.75) is 251 Å². The van der Waals surface area contributed by atoms with E-state index in [1.54, 1.807) is 24.3 Å². The SMILES string of the molecule is Cc1ccccc1N(c1ccc(-c2ccc3c(c2)C(C)(C)C(C)(C)C3(C)C)cc1)c1ccccc1C.Cc1ccccc1N(c1ccc(-c2ccc3c(c2)C(C)(C)C(C)(C)O3)cc1)c1ccccc1C.[2H]C([2H])([2H])C1(C([2H])([2H])[2H])c2ccc(-c3ccc(N(c4ccccc4C)c4ccccc4C)cc3)cc2C(C([2H])([2H])[2H])(C([2H])([2H])[2H])C1(C([2H])([2H])[2H])C([2H])([2H])[2H].[2H]c1c([2H])c2c(c([2H])c1-c1ccc(N(c3ccccc3C)c3ccccc3C)cc1)C(C)(C)C(C)(C)C2(C)C. The molecule has 0 fully saturated rings. The molecule has 724 valence electrons. The molecule has 3 aliphatic carbocycles. The molecule has 1 heterocycles. The van der Waals surface area contributed by atoms with Crippen molar-refractivity contribution in [3.63, 3.8) is 0 Å². The second-order valence-corrected chi connectivity index (χ2v) is 43.8. The monoisotopic (exact) mass is 1890 g/mol. The van der Waals surface area contributed by atoms with E-state index in [1.165, 1.54) is 107 Å². The zero-order valence-electron chi connectivity index (χ0n) is 108. The molecule has 0 radical (unpaired) electrons. The molecule has 5 nitrogen and oxygen atoms in total. The van der Waals surface area contributed by atoms with E-state index in [1.807, 2.05) is 79.4 Å². The molecule has 0 spiro atoms. The lowest BCUT2D eigenvalue weighted by Gasteiger charge is -2.44. The highest BCUT2D eigenvalue weighted by molar-refractivity contribution is 5.87. The first-order valence-corrected chi connectivity index (χ1v) is 49.7. The van der Waals surface area contributed by atoms with Gasteiger partial charge in [-0.25, -0.2) is 0 Å². The Labute approximate surface area is 881 Å². The van der Waals surface area contributed by atoms with Crippen molar-refractivity contribution in [1.29, 1.82) is 0 Å². The molecule has 0 bridgehead atoms. The van der Waals surface area contributed by atoms with E-state index < -0.39 is 68.5 Å². The van der Waals surface area contributed by atoms with Gasteiger partial charge in [0.1, 0.15) is 11.4 Å². The van der Waals surface area contributed by atoms with E-state index in [2.05, 4.69) is 410 Å². The number of nitrogens with zero attached hydrogens (tertiary/aromatic N) is 4. The maximum atomic E-state index is 9.36. The van der Waals surface area contributed by atoms with Crippen LogP contribution >= 0.6 is 0 Å². The molecular formula is C137H150N4O. The van der Waals surface area contributed by atoms with Crippen molar-refractivity contribution in [3.05, 3.63) is 447 Å². The Morgan fingerprint density at radius 1 is 0.197 bits per heavy atom. The van der Waals surface area contributed by atoms with E-state index in [0.29, 0.717) is 22.9 Å². The summed E-state index contributed by atoms with van der Waals surface area (Å²) in [6.07, 6.45) is 0. The Kier molecular flexibility index (Phi) is 20.1. The van der Waals surface area contributed by atoms with E-state index in [-0.39, 0.29) is 61.2 Å². The smallest absolute Gasteiger partial charge is 0.124 e. The predicted octanol–water partition coefficient (Wildman–Crippen LogP) is 39.0. The Hall–Kier alpha value is -13.5. The van der Waals surface area contributed by atoms with Gasteiger partial charge in [-0.15, -0.1) is 0 Å². The van der Waals surface area contributed by atoms with Gasteiger partial charge in [-0.05, 0) is 350 Å². The lowest BCUT2D eigenvalue weighted by atomic mass is 9.59. The van der Waals surface area contributed by atoms with Gasteiger partial charge in [-0.3, -0.25) is 0 Å². The Balaban J connectivity index is 0.000000148. The number of rotatable bonds is 16. The van der Waals surface area contributed by atoms with Crippen LogP contribution in [0.15, 0.2) is 364 Å². The summed E-state index contributed by atoms with van der Waals surface area (Å²) >= 11 is 0. The number of hydrogen-bond donors (Lipinski definition) is 0. The maximum absolute atomic E-state index is 9.36. The number of anilines is 12. The second-order valence-electron chi connectivity index (χ2n) is 43.8. The Morgan fingerprint density at radius 2 is 0.430 bits per heavy atom. The summed E-state index contributed by atoms with van der Waals surface area (Å²) in [6.45, 7) is 28.4. The summed E-state index contributed by atoms with van der Waals surface area (Å²) < 4.78 is 190. The fourth-order valence-corrected chi connectivity index (χ4v) is 21.5. The average molecular weight is 1890 g/mol. The van der Waals surface area contributed by atoms with Crippen LogP contribution in [0.1, 0.15) is 264 Å². The lowest BCUT2D eigenvalue weighted by Crippen LogP contribution is -2.42. The van der Waals surface area contributed by atoms with Crippen LogP contribution in [-0.4, -0.2) is 5.60 Å². The number of fused-ring (bicyclic) bond motifs is 4. The minimum Gasteiger partial charge on any atom is -0.487 e. The van der Waals surface area contributed by atoms with E-state index in [4.69, 9.17) is 32.2 Å². The summed E-state index contributed by atoms with van der Waals surface area (Å²) in [5.74, 6) is 1.00. The van der Waals surface area contributed by atoms with Gasteiger partial charge in [0.2, 0.25) is 0 Å². The molecule has 142 heavy (non-hydrogen) atoms. The summed E-state index contributed by atoms with van der Waals surface area (Å²) in [5.41, 5.74) is 19.6. The normalized spacial score (nSPS) is 19.3. The van der Waals surface area contributed by atoms with Crippen LogP contribution in [0, 0.1) is 71.6 Å². The minimum absolute atomic E-state index is 0.0508. The zero-order valence-corrected chi connectivity index (χ0v) is 87.1. The first-order chi connectivity index (χ1) is 75.8. The van der Waals surface area contributed by atoms with Crippen molar-refractivity contribution in [2.75, 3.05) is 19.6 Å². The summed E-state index contributed by atoms with van der Waals surface area (Å²) in [6, 6.07) is 117. The molecule has 5 heteroatoms. The standard InChI is InChI=1S/3C35H39N.C32H33NO/c3*1-24-13-9-11-15-31(24)36(32-16-12-10-14-25(32)2)28-20-17-26(18-21-28)27-19-22-29-30(23-27)34(5,6)35(7,8)33(29,3)4;1-22-11-7-9-13-28(22)33(29-14-10-8-12-23(29)2)26-18-15-24(16-19-26)25-17-20-30-27(21-25)31(3,4)32(5,6)34-30/h3*9-23H,1-8H3;7-21H,1-6H3/i3D3,4D3,5D3,6D3,7D3,8D3;19D,22D,23D;;. The van der Waals surface area contributed by atoms with Crippen molar-refractivity contribution >= 4 is 68.2 Å². The number of hydrogen-bond acceptors (Lipinski definition) is 5. The molecule has 0 atom stereocenters. The molecular weight excluding hydrogens is 1720 g/mol. The number of benzene rings is 16. The third-order valence-electron chi connectivity index (χ3n) is 33.8. The highest BCUT2D eigenvalue weighted by atomic mass is 16.5. The molecule has 0 amide bonds. The lowest BCUT2D eigenvalue weighted by molar-refractivity contribution is 0.0712. The van der Waals surface area contributed by atoms with Gasteiger partial charge in [-0.2, -0.15) is 0 Å². The van der Waals surface area contributed by atoms with Crippen LogP contribution in [0.4, 0.5) is 68.2 Å². The Bertz CT molecular complexity index is 8100. The number of ether oxygens (including phenoxy) is 1. The van der Waals surface area contributed by atoms with Crippen molar-refractivity contribution in [3.8, 4) is 50.3 Å². The highest BCUT2D eigenvalue weighted by Crippen LogP contribution is 2.66. The van der Waals surface area contributed by atoms with Gasteiger partial charge in [0.25, 0.3) is 0 Å². The van der Waals surface area contributed by atoms with E-state index in [0.717, 1.165) is 79.8 Å². The molecule has 4 aliphatic rings. The van der Waals surface area contributed by atoms with Crippen LogP contribution in [0.3, 0.4) is 0 Å². The molecule has 20 rings (SSSR count). The average Bonchev–Trinajstić information content (AvgIpc) is 1.44. The fraction of sp³-hybridized carbons (Fsp3) is 0.299. The van der Waals surface area contributed by atoms with Crippen molar-refractivity contribution < 1.29 is 33.5 Å². The van der Waals surface area contributed by atoms with Gasteiger partial charge in [0, 0.05) is 104 Å². The van der Waals surface area contributed by atoms with Crippen LogP contribution in [-0.2, 0) is 37.9 Å². The van der Waals surface area contributed by atoms with Crippen LogP contribution in [0.5, 0.6) is 5.75 Å². The van der Waals surface area contributed by atoms with E-state index in [9.17, 15) is 1.37 Å². The van der Waals surface area contributed by atoms with Crippen LogP contribution < -0.4 is 24.3 Å². The molecule has 0 N–H and O–H groups in total. The van der Waals surface area contributed by atoms with Crippen molar-refractivity contribution in [1.82, 2.24) is 0 Å². The molecule has 16 aromatic carbocycles. The largest absolute Gasteiger partial charge is 0.487 e. The summed E-state index contributed by atoms with van der Waals surface area (Å²) in [5, 5.41) is 0. The van der Waals surface area contributed by atoms with Gasteiger partial charge in [0.05, 0.1) is 4.11 Å². The molecule has 0 aromatic heterocycles. The first kappa shape index (κ1) is 76.3. The van der Waals surface area contributed by atoms with E-state index >= 15 is 0 Å².